The summed E-state index contributed by atoms with van der Waals surface area (Å²) in [6.45, 7) is 2.14. The lowest BCUT2D eigenvalue weighted by Gasteiger charge is -2.29. The van der Waals surface area contributed by atoms with Gasteiger partial charge in [-0.3, -0.25) is 0 Å². The van der Waals surface area contributed by atoms with Crippen molar-refractivity contribution in [1.82, 2.24) is 0 Å². The number of allylic oxidation sites excluding steroid dienone is 2. The summed E-state index contributed by atoms with van der Waals surface area (Å²) in [7, 11) is 0. The van der Waals surface area contributed by atoms with E-state index in [2.05, 4.69) is 40.9 Å². The first-order valence-electron chi connectivity index (χ1n) is 6.40. The molecule has 0 aromatic heterocycles. The number of hydrogen-bond acceptors (Lipinski definition) is 1. The molecule has 1 heterocycles. The van der Waals surface area contributed by atoms with Gasteiger partial charge in [0.05, 0.1) is 17.6 Å². The van der Waals surface area contributed by atoms with Gasteiger partial charge in [-0.25, -0.2) is 0 Å². The molecule has 1 rings (SSSR count). The van der Waals surface area contributed by atoms with Gasteiger partial charge in [0, 0.05) is 4.83 Å². The number of halogens is 2. The Hall–Kier alpha value is -0.230. The molecule has 0 bridgehead atoms. The van der Waals surface area contributed by atoms with Gasteiger partial charge in [0.2, 0.25) is 0 Å². The van der Waals surface area contributed by atoms with Gasteiger partial charge in [0.25, 0.3) is 0 Å². The van der Waals surface area contributed by atoms with E-state index in [9.17, 15) is 0 Å². The van der Waals surface area contributed by atoms with Crippen LogP contribution >= 0.6 is 27.5 Å². The molecule has 0 aromatic rings. The van der Waals surface area contributed by atoms with Crippen LogP contribution in [0.5, 0.6) is 0 Å². The second kappa shape index (κ2) is 8.80. The molecule has 0 saturated heterocycles. The van der Waals surface area contributed by atoms with Gasteiger partial charge in [-0.2, -0.15) is 0 Å². The molecular formula is C15H20BrClO. The highest BCUT2D eigenvalue weighted by molar-refractivity contribution is 9.09. The highest BCUT2D eigenvalue weighted by Crippen LogP contribution is 2.25. The molecule has 1 aliphatic rings. The number of ether oxygens (including phenoxy) is 1. The second-order valence-electron chi connectivity index (χ2n) is 4.39. The van der Waals surface area contributed by atoms with Gasteiger partial charge in [0.1, 0.15) is 0 Å². The smallest absolute Gasteiger partial charge is 0.0885 e. The topological polar surface area (TPSA) is 9.23 Å². The Balaban J connectivity index is 2.70. The molecule has 4 unspecified atom stereocenters. The van der Waals surface area contributed by atoms with Crippen molar-refractivity contribution in [3.8, 4) is 12.3 Å². The number of alkyl halides is 2. The maximum atomic E-state index is 6.39. The van der Waals surface area contributed by atoms with E-state index in [1.165, 1.54) is 0 Å². The van der Waals surface area contributed by atoms with Crippen LogP contribution < -0.4 is 0 Å². The molecule has 0 aromatic carbocycles. The standard InChI is InChI=1S/C15H20BrClO/c1-3-5-6-11-15-13(17)9-7-8-10-14(18-15)12(16)4-2/h1,5-6,8,10,12-15H,4,7,9,11H2,2H3/b6-5?,10-8-. The van der Waals surface area contributed by atoms with Crippen LogP contribution in [0.4, 0.5) is 0 Å². The predicted molar refractivity (Wildman–Crippen MR) is 82.3 cm³/mol. The SMILES string of the molecule is C#CC=CCC1OC(C(Br)CC)/C=C\CCC1Cl. The fourth-order valence-corrected chi connectivity index (χ4v) is 2.50. The quantitative estimate of drug-likeness (QED) is 0.420. The van der Waals surface area contributed by atoms with Crippen LogP contribution in [-0.4, -0.2) is 22.4 Å². The first kappa shape index (κ1) is 15.8. The van der Waals surface area contributed by atoms with Crippen LogP contribution in [-0.2, 0) is 4.74 Å². The van der Waals surface area contributed by atoms with Gasteiger partial charge in [0.15, 0.2) is 0 Å². The molecule has 1 nitrogen and oxygen atoms in total. The van der Waals surface area contributed by atoms with E-state index in [0.717, 1.165) is 25.7 Å². The summed E-state index contributed by atoms with van der Waals surface area (Å²) in [6.07, 6.45) is 17.0. The van der Waals surface area contributed by atoms with Crippen LogP contribution in [0.1, 0.15) is 32.6 Å². The number of rotatable bonds is 4. The Morgan fingerprint density at radius 1 is 1.67 bits per heavy atom. The van der Waals surface area contributed by atoms with E-state index < -0.39 is 0 Å². The van der Waals surface area contributed by atoms with Gasteiger partial charge < -0.3 is 4.74 Å². The summed E-state index contributed by atoms with van der Waals surface area (Å²) in [5.41, 5.74) is 0. The molecule has 0 fully saturated rings. The van der Waals surface area contributed by atoms with Crippen molar-refractivity contribution in [2.75, 3.05) is 0 Å². The maximum absolute atomic E-state index is 6.39. The van der Waals surface area contributed by atoms with Gasteiger partial charge in [-0.15, -0.1) is 18.0 Å². The van der Waals surface area contributed by atoms with Crippen LogP contribution in [0.25, 0.3) is 0 Å². The summed E-state index contributed by atoms with van der Waals surface area (Å²) in [5.74, 6) is 2.49. The molecule has 0 radical (unpaired) electrons. The summed E-state index contributed by atoms with van der Waals surface area (Å²) in [6, 6.07) is 0. The second-order valence-corrected chi connectivity index (χ2v) is 6.13. The first-order chi connectivity index (χ1) is 8.69. The molecule has 100 valence electrons. The van der Waals surface area contributed by atoms with Crippen molar-refractivity contribution in [2.45, 2.75) is 55.0 Å². The zero-order chi connectivity index (χ0) is 13.4. The average Bonchev–Trinajstić information content (AvgIpc) is 2.37. The molecular weight excluding hydrogens is 312 g/mol. The van der Waals surface area contributed by atoms with E-state index in [1.807, 2.05) is 6.08 Å². The Morgan fingerprint density at radius 2 is 2.44 bits per heavy atom. The number of hydrogen-bond donors (Lipinski definition) is 0. The highest BCUT2D eigenvalue weighted by atomic mass is 79.9. The minimum Gasteiger partial charge on any atom is -0.368 e. The maximum Gasteiger partial charge on any atom is 0.0885 e. The van der Waals surface area contributed by atoms with E-state index >= 15 is 0 Å². The molecule has 3 heteroatoms. The lowest BCUT2D eigenvalue weighted by molar-refractivity contribution is 0.00940. The summed E-state index contributed by atoms with van der Waals surface area (Å²) >= 11 is 10.1. The molecule has 0 amide bonds. The van der Waals surface area contributed by atoms with Crippen LogP contribution in [0, 0.1) is 12.3 Å². The minimum atomic E-state index is 0.0258. The van der Waals surface area contributed by atoms with Crippen molar-refractivity contribution >= 4 is 27.5 Å². The van der Waals surface area contributed by atoms with E-state index in [1.54, 1.807) is 6.08 Å². The summed E-state index contributed by atoms with van der Waals surface area (Å²) in [4.78, 5) is 0.329. The van der Waals surface area contributed by atoms with Gasteiger partial charge in [-0.05, 0) is 31.8 Å². The van der Waals surface area contributed by atoms with Gasteiger partial charge in [-0.1, -0.05) is 47.0 Å². The fraction of sp³-hybridized carbons (Fsp3) is 0.600. The largest absolute Gasteiger partial charge is 0.368 e. The van der Waals surface area contributed by atoms with E-state index in [-0.39, 0.29) is 17.6 Å². The lowest BCUT2D eigenvalue weighted by atomic mass is 10.0. The molecule has 0 N–H and O–H groups in total. The van der Waals surface area contributed by atoms with Crippen molar-refractivity contribution in [3.05, 3.63) is 24.3 Å². The third-order valence-electron chi connectivity index (χ3n) is 3.00. The minimum absolute atomic E-state index is 0.0258. The fourth-order valence-electron chi connectivity index (χ4n) is 1.92. The van der Waals surface area contributed by atoms with Crippen molar-refractivity contribution in [1.29, 1.82) is 0 Å². The molecule has 4 atom stereocenters. The van der Waals surface area contributed by atoms with Crippen LogP contribution in [0.15, 0.2) is 24.3 Å². The number of terminal acetylenes is 1. The molecule has 0 spiro atoms. The van der Waals surface area contributed by atoms with Crippen LogP contribution in [0.3, 0.4) is 0 Å². The molecule has 18 heavy (non-hydrogen) atoms. The van der Waals surface area contributed by atoms with Crippen LogP contribution in [0.2, 0.25) is 0 Å². The van der Waals surface area contributed by atoms with E-state index in [0.29, 0.717) is 4.83 Å². The Labute approximate surface area is 124 Å². The summed E-state index contributed by atoms with van der Waals surface area (Å²) < 4.78 is 6.12. The lowest BCUT2D eigenvalue weighted by Crippen LogP contribution is -2.34. The zero-order valence-corrected chi connectivity index (χ0v) is 13.0. The van der Waals surface area contributed by atoms with Crippen molar-refractivity contribution in [2.24, 2.45) is 0 Å². The molecule has 0 aliphatic carbocycles. The van der Waals surface area contributed by atoms with Gasteiger partial charge >= 0.3 is 0 Å². The zero-order valence-electron chi connectivity index (χ0n) is 10.7. The molecule has 0 saturated carbocycles. The van der Waals surface area contributed by atoms with Crippen molar-refractivity contribution in [3.63, 3.8) is 0 Å². The third kappa shape index (κ3) is 5.18. The third-order valence-corrected chi connectivity index (χ3v) is 4.67. The van der Waals surface area contributed by atoms with Crippen molar-refractivity contribution < 1.29 is 4.74 Å². The normalized spacial score (nSPS) is 32.4. The summed E-state index contributed by atoms with van der Waals surface area (Å²) in [5, 5.41) is 0.0384. The monoisotopic (exact) mass is 330 g/mol. The Kier molecular flexibility index (Phi) is 7.74. The predicted octanol–water partition coefficient (Wildman–Crippen LogP) is 4.45. The Bertz CT molecular complexity index is 332. The van der Waals surface area contributed by atoms with E-state index in [4.69, 9.17) is 22.8 Å². The Morgan fingerprint density at radius 3 is 3.11 bits per heavy atom. The highest BCUT2D eigenvalue weighted by Gasteiger charge is 2.26. The average molecular weight is 332 g/mol. The molecule has 1 aliphatic heterocycles. The first-order valence-corrected chi connectivity index (χ1v) is 7.75.